The molecule has 0 unspecified atom stereocenters. The van der Waals surface area contributed by atoms with Gasteiger partial charge in [-0.15, -0.1) is 0 Å². The lowest BCUT2D eigenvalue weighted by molar-refractivity contribution is -0.112. The van der Waals surface area contributed by atoms with E-state index in [4.69, 9.17) is 14.2 Å². The first-order valence-electron chi connectivity index (χ1n) is 9.70. The van der Waals surface area contributed by atoms with Gasteiger partial charge in [-0.2, -0.15) is 5.26 Å². The second-order valence-corrected chi connectivity index (χ2v) is 6.37. The molecule has 2 rings (SSSR count). The van der Waals surface area contributed by atoms with Crippen LogP contribution in [0, 0.1) is 11.3 Å². The molecule has 1 amide bonds. The zero-order valence-corrected chi connectivity index (χ0v) is 17.7. The van der Waals surface area contributed by atoms with E-state index in [9.17, 15) is 14.9 Å². The summed E-state index contributed by atoms with van der Waals surface area (Å²) in [6, 6.07) is 13.4. The van der Waals surface area contributed by atoms with Crippen molar-refractivity contribution in [3.8, 4) is 17.6 Å². The Balaban J connectivity index is 2.18. The average molecular weight is 423 g/mol. The molecule has 0 aliphatic rings. The van der Waals surface area contributed by atoms with Crippen LogP contribution in [0.4, 0.5) is 11.4 Å². The number of rotatable bonds is 10. The number of hydrogen-bond donors (Lipinski definition) is 2. The van der Waals surface area contributed by atoms with E-state index in [1.807, 2.05) is 13.0 Å². The lowest BCUT2D eigenvalue weighted by Gasteiger charge is -2.12. The number of ether oxygens (including phenoxy) is 3. The molecule has 2 N–H and O–H groups in total. The third kappa shape index (κ3) is 6.51. The zero-order chi connectivity index (χ0) is 22.6. The Labute approximate surface area is 181 Å². The van der Waals surface area contributed by atoms with E-state index in [0.717, 1.165) is 12.8 Å². The highest BCUT2D eigenvalue weighted by Crippen LogP contribution is 2.29. The highest BCUT2D eigenvalue weighted by molar-refractivity contribution is 6.09. The molecule has 0 atom stereocenters. The highest BCUT2D eigenvalue weighted by atomic mass is 16.5. The third-order valence-corrected chi connectivity index (χ3v) is 4.27. The van der Waals surface area contributed by atoms with Gasteiger partial charge in [0.25, 0.3) is 5.91 Å². The molecule has 0 bridgehead atoms. The van der Waals surface area contributed by atoms with Crippen molar-refractivity contribution in [2.75, 3.05) is 31.5 Å². The molecular formula is C23H25N3O5. The Morgan fingerprint density at radius 3 is 2.55 bits per heavy atom. The number of benzene rings is 2. The number of nitriles is 1. The van der Waals surface area contributed by atoms with Crippen LogP contribution in [0.3, 0.4) is 0 Å². The topological polar surface area (TPSA) is 110 Å². The summed E-state index contributed by atoms with van der Waals surface area (Å²) < 4.78 is 15.7. The number of nitrogens with one attached hydrogen (secondary N) is 2. The molecule has 0 saturated heterocycles. The molecular weight excluding hydrogens is 398 g/mol. The van der Waals surface area contributed by atoms with Crippen LogP contribution in [0.1, 0.15) is 30.1 Å². The minimum atomic E-state index is -0.675. The summed E-state index contributed by atoms with van der Waals surface area (Å²) in [5.41, 5.74) is 0.794. The van der Waals surface area contributed by atoms with Crippen LogP contribution >= 0.6 is 0 Å². The van der Waals surface area contributed by atoms with E-state index in [-0.39, 0.29) is 16.8 Å². The Morgan fingerprint density at radius 1 is 1.10 bits per heavy atom. The molecule has 0 aliphatic carbocycles. The van der Waals surface area contributed by atoms with Gasteiger partial charge in [0, 0.05) is 12.3 Å². The third-order valence-electron chi connectivity index (χ3n) is 4.27. The number of unbranched alkanes of at least 4 members (excludes halogenated alkanes) is 1. The van der Waals surface area contributed by atoms with Crippen molar-refractivity contribution < 1.29 is 23.8 Å². The summed E-state index contributed by atoms with van der Waals surface area (Å²) in [5, 5.41) is 14.9. The fourth-order valence-corrected chi connectivity index (χ4v) is 2.57. The fraction of sp³-hybridized carbons (Fsp3) is 0.261. The molecule has 0 aliphatic heterocycles. The van der Waals surface area contributed by atoms with Crippen molar-refractivity contribution in [2.45, 2.75) is 19.8 Å². The van der Waals surface area contributed by atoms with Crippen molar-refractivity contribution in [3.63, 3.8) is 0 Å². The van der Waals surface area contributed by atoms with Gasteiger partial charge in [-0.25, -0.2) is 4.79 Å². The van der Waals surface area contributed by atoms with Gasteiger partial charge in [-0.1, -0.05) is 25.5 Å². The second-order valence-electron chi connectivity index (χ2n) is 6.37. The molecule has 31 heavy (non-hydrogen) atoms. The number of methoxy groups -OCH3 is 2. The summed E-state index contributed by atoms with van der Waals surface area (Å²) in [6.07, 6.45) is 2.91. The van der Waals surface area contributed by atoms with Gasteiger partial charge in [0.2, 0.25) is 0 Å². The van der Waals surface area contributed by atoms with Crippen LogP contribution in [0.2, 0.25) is 0 Å². The standard InChI is InChI=1S/C23H25N3O5/c1-4-5-12-31-23(28)18-8-6-7-9-19(18)26-22(27)16(14-24)15-25-20-13-17(29-2)10-11-21(20)30-3/h6-11,13,15,25H,4-5,12H2,1-3H3,(H,26,27)/b16-15-. The molecule has 0 radical (unpaired) electrons. The van der Waals surface area contributed by atoms with Gasteiger partial charge in [-0.3, -0.25) is 4.79 Å². The van der Waals surface area contributed by atoms with Gasteiger partial charge < -0.3 is 24.8 Å². The monoisotopic (exact) mass is 423 g/mol. The number of amides is 1. The van der Waals surface area contributed by atoms with Crippen molar-refractivity contribution in [3.05, 3.63) is 59.8 Å². The summed E-state index contributed by atoms with van der Waals surface area (Å²) in [7, 11) is 3.03. The molecule has 2 aromatic rings. The highest BCUT2D eigenvalue weighted by Gasteiger charge is 2.16. The summed E-state index contributed by atoms with van der Waals surface area (Å²) in [6.45, 7) is 2.29. The second kappa shape index (κ2) is 11.9. The van der Waals surface area contributed by atoms with Gasteiger partial charge in [-0.05, 0) is 30.7 Å². The Hall–Kier alpha value is -3.99. The van der Waals surface area contributed by atoms with E-state index in [1.165, 1.54) is 20.4 Å². The minimum Gasteiger partial charge on any atom is -0.497 e. The van der Waals surface area contributed by atoms with E-state index >= 15 is 0 Å². The van der Waals surface area contributed by atoms with Crippen LogP contribution in [-0.4, -0.2) is 32.7 Å². The molecule has 0 fully saturated rings. The number of nitrogens with zero attached hydrogens (tertiary/aromatic N) is 1. The van der Waals surface area contributed by atoms with Crippen molar-refractivity contribution >= 4 is 23.3 Å². The number of esters is 1. The van der Waals surface area contributed by atoms with Crippen LogP contribution < -0.4 is 20.1 Å². The first kappa shape index (κ1) is 23.3. The maximum absolute atomic E-state index is 12.6. The molecule has 0 aromatic heterocycles. The summed E-state index contributed by atoms with van der Waals surface area (Å²) in [5.74, 6) is -0.123. The number of anilines is 2. The van der Waals surface area contributed by atoms with Gasteiger partial charge >= 0.3 is 5.97 Å². The van der Waals surface area contributed by atoms with Crippen LogP contribution in [0.25, 0.3) is 0 Å². The van der Waals surface area contributed by atoms with E-state index in [2.05, 4.69) is 10.6 Å². The van der Waals surface area contributed by atoms with Crippen LogP contribution in [-0.2, 0) is 9.53 Å². The Kier molecular flexibility index (Phi) is 8.92. The lowest BCUT2D eigenvalue weighted by Crippen LogP contribution is -2.18. The molecule has 0 saturated carbocycles. The van der Waals surface area contributed by atoms with Crippen LogP contribution in [0.5, 0.6) is 11.5 Å². The van der Waals surface area contributed by atoms with E-state index in [0.29, 0.717) is 23.8 Å². The molecule has 162 valence electrons. The van der Waals surface area contributed by atoms with Crippen molar-refractivity contribution in [1.82, 2.24) is 0 Å². The zero-order valence-electron chi connectivity index (χ0n) is 17.7. The number of hydrogen-bond acceptors (Lipinski definition) is 7. The van der Waals surface area contributed by atoms with Crippen LogP contribution in [0.15, 0.2) is 54.2 Å². The Bertz CT molecular complexity index is 995. The van der Waals surface area contributed by atoms with E-state index < -0.39 is 11.9 Å². The SMILES string of the molecule is CCCCOC(=O)c1ccccc1NC(=O)/C(C#N)=C\Nc1cc(OC)ccc1OC. The maximum Gasteiger partial charge on any atom is 0.340 e. The fourth-order valence-electron chi connectivity index (χ4n) is 2.57. The Morgan fingerprint density at radius 2 is 1.87 bits per heavy atom. The summed E-state index contributed by atoms with van der Waals surface area (Å²) >= 11 is 0. The lowest BCUT2D eigenvalue weighted by atomic mass is 10.1. The largest absolute Gasteiger partial charge is 0.497 e. The maximum atomic E-state index is 12.6. The van der Waals surface area contributed by atoms with Gasteiger partial charge in [0.1, 0.15) is 23.1 Å². The first-order valence-corrected chi connectivity index (χ1v) is 9.70. The van der Waals surface area contributed by atoms with E-state index in [1.54, 1.807) is 42.5 Å². The molecule has 0 heterocycles. The normalized spacial score (nSPS) is 10.6. The van der Waals surface area contributed by atoms with Crippen molar-refractivity contribution in [2.24, 2.45) is 0 Å². The van der Waals surface area contributed by atoms with Crippen molar-refractivity contribution in [1.29, 1.82) is 5.26 Å². The molecule has 2 aromatic carbocycles. The summed E-state index contributed by atoms with van der Waals surface area (Å²) in [4.78, 5) is 24.9. The van der Waals surface area contributed by atoms with Gasteiger partial charge in [0.15, 0.2) is 0 Å². The molecule has 8 nitrogen and oxygen atoms in total. The number of carbonyl (C=O) groups excluding carboxylic acids is 2. The molecule has 0 spiro atoms. The predicted octanol–water partition coefficient (Wildman–Crippen LogP) is 4.12. The molecule has 8 heteroatoms. The number of carbonyl (C=O) groups is 2. The quantitative estimate of drug-likeness (QED) is 0.256. The average Bonchev–Trinajstić information content (AvgIpc) is 2.79. The minimum absolute atomic E-state index is 0.195. The first-order chi connectivity index (χ1) is 15.0. The predicted molar refractivity (Wildman–Crippen MR) is 117 cm³/mol. The van der Waals surface area contributed by atoms with Gasteiger partial charge in [0.05, 0.1) is 37.8 Å². The smallest absolute Gasteiger partial charge is 0.340 e. The number of para-hydroxylation sites is 1.